The highest BCUT2D eigenvalue weighted by Gasteiger charge is 2.53. The van der Waals surface area contributed by atoms with E-state index in [-0.39, 0.29) is 23.9 Å². The van der Waals surface area contributed by atoms with Gasteiger partial charge in [0, 0.05) is 23.9 Å². The molecule has 2 aliphatic rings. The van der Waals surface area contributed by atoms with Crippen molar-refractivity contribution in [2.45, 2.75) is 44.4 Å². The van der Waals surface area contributed by atoms with Gasteiger partial charge in [0.15, 0.2) is 0 Å². The van der Waals surface area contributed by atoms with E-state index in [2.05, 4.69) is 20.2 Å². The number of aryl methyl sites for hydroxylation is 1. The number of alkyl halides is 3. The Labute approximate surface area is 223 Å². The van der Waals surface area contributed by atoms with E-state index in [0.29, 0.717) is 54.2 Å². The molecular weight excluding hydrogens is 516 g/mol. The van der Waals surface area contributed by atoms with E-state index in [4.69, 9.17) is 9.72 Å². The Balaban J connectivity index is 1.62. The highest BCUT2D eigenvalue weighted by Crippen LogP contribution is 2.45. The Kier molecular flexibility index (Phi) is 6.69. The second kappa shape index (κ2) is 9.74. The number of halogens is 4. The number of nitrogens with one attached hydrogen (secondary N) is 1. The van der Waals surface area contributed by atoms with Crippen molar-refractivity contribution in [1.82, 2.24) is 19.9 Å². The SMILES string of the molecule is COc1ncccc1N1Cc2c(N[C@H](C)c3cccc(C(F)(F)F)c3F)nc(C)nc2C2(CCN(C)C2)C1=O. The van der Waals surface area contributed by atoms with Crippen LogP contribution in [-0.4, -0.2) is 53.0 Å². The van der Waals surface area contributed by atoms with Crippen LogP contribution in [0.5, 0.6) is 5.88 Å². The molecule has 0 aliphatic carbocycles. The summed E-state index contributed by atoms with van der Waals surface area (Å²) in [6, 6.07) is 5.78. The predicted octanol–water partition coefficient (Wildman–Crippen LogP) is 4.64. The molecule has 1 fully saturated rings. The topological polar surface area (TPSA) is 83.5 Å². The number of ether oxygens (including phenoxy) is 1. The summed E-state index contributed by atoms with van der Waals surface area (Å²) in [6.07, 6.45) is -2.74. The molecule has 0 saturated carbocycles. The quantitative estimate of drug-likeness (QED) is 0.469. The number of benzene rings is 1. The molecule has 12 heteroatoms. The predicted molar refractivity (Wildman–Crippen MR) is 136 cm³/mol. The lowest BCUT2D eigenvalue weighted by molar-refractivity contribution is -0.140. The van der Waals surface area contributed by atoms with Crippen LogP contribution in [0.3, 0.4) is 0 Å². The van der Waals surface area contributed by atoms with Crippen molar-refractivity contribution in [2.24, 2.45) is 0 Å². The molecule has 3 aromatic rings. The number of carbonyl (C=O) groups excluding carboxylic acids is 1. The molecule has 2 aliphatic heterocycles. The van der Waals surface area contributed by atoms with E-state index in [1.54, 1.807) is 37.1 Å². The van der Waals surface area contributed by atoms with E-state index >= 15 is 0 Å². The van der Waals surface area contributed by atoms with E-state index < -0.39 is 29.0 Å². The Morgan fingerprint density at radius 2 is 1.95 bits per heavy atom. The lowest BCUT2D eigenvalue weighted by atomic mass is 9.76. The number of fused-ring (bicyclic) bond motifs is 2. The minimum absolute atomic E-state index is 0.0715. The first-order valence-electron chi connectivity index (χ1n) is 12.5. The van der Waals surface area contributed by atoms with Gasteiger partial charge >= 0.3 is 6.18 Å². The molecule has 39 heavy (non-hydrogen) atoms. The average Bonchev–Trinajstić information content (AvgIpc) is 3.28. The lowest BCUT2D eigenvalue weighted by Crippen LogP contribution is -2.53. The van der Waals surface area contributed by atoms with Crippen molar-refractivity contribution in [3.63, 3.8) is 0 Å². The standard InChI is InChI=1S/C27H28F4N6O2/c1-15(17-7-5-8-19(21(17)28)27(29,30)31)33-23-18-13-37(20-9-6-11-32-24(20)39-4)25(38)26(10-12-36(3)14-26)22(18)34-16(2)35-23/h5-9,11,15H,10,12-14H2,1-4H3,(H,33,34,35)/t15-,26?/m1/s1. The summed E-state index contributed by atoms with van der Waals surface area (Å²) >= 11 is 0. The zero-order valence-corrected chi connectivity index (χ0v) is 21.9. The maximum atomic E-state index is 15.0. The van der Waals surface area contributed by atoms with Gasteiger partial charge in [0.05, 0.1) is 31.0 Å². The first kappa shape index (κ1) is 26.8. The summed E-state index contributed by atoms with van der Waals surface area (Å²) in [5, 5.41) is 3.12. The number of likely N-dealkylation sites (tertiary alicyclic amines) is 1. The number of nitrogens with zero attached hydrogens (tertiary/aromatic N) is 5. The zero-order chi connectivity index (χ0) is 28.1. The Hall–Kier alpha value is -3.80. The maximum Gasteiger partial charge on any atom is 0.419 e. The molecule has 0 bridgehead atoms. The van der Waals surface area contributed by atoms with Gasteiger partial charge in [0.25, 0.3) is 0 Å². The van der Waals surface area contributed by atoms with Gasteiger partial charge in [0.1, 0.15) is 28.6 Å². The fourth-order valence-corrected chi connectivity index (χ4v) is 5.54. The summed E-state index contributed by atoms with van der Waals surface area (Å²) in [6.45, 7) is 4.42. The van der Waals surface area contributed by atoms with Crippen LogP contribution >= 0.6 is 0 Å². The number of methoxy groups -OCH3 is 1. The van der Waals surface area contributed by atoms with Crippen molar-refractivity contribution < 1.29 is 27.1 Å². The van der Waals surface area contributed by atoms with Crippen LogP contribution in [0.1, 0.15) is 47.6 Å². The van der Waals surface area contributed by atoms with Crippen LogP contribution in [-0.2, 0) is 22.9 Å². The van der Waals surface area contributed by atoms with E-state index in [1.807, 2.05) is 7.05 Å². The molecule has 1 N–H and O–H groups in total. The molecule has 206 valence electrons. The van der Waals surface area contributed by atoms with Crippen LogP contribution in [0.2, 0.25) is 0 Å². The second-order valence-electron chi connectivity index (χ2n) is 10.0. The van der Waals surface area contributed by atoms with Crippen molar-refractivity contribution in [3.05, 3.63) is 70.6 Å². The number of anilines is 2. The second-order valence-corrected chi connectivity index (χ2v) is 10.0. The fraction of sp³-hybridized carbons (Fsp3) is 0.407. The highest BCUT2D eigenvalue weighted by atomic mass is 19.4. The van der Waals surface area contributed by atoms with Crippen molar-refractivity contribution in [1.29, 1.82) is 0 Å². The summed E-state index contributed by atoms with van der Waals surface area (Å²) in [5.41, 5.74) is -0.792. The van der Waals surface area contributed by atoms with Crippen LogP contribution in [0, 0.1) is 12.7 Å². The minimum atomic E-state index is -4.82. The van der Waals surface area contributed by atoms with Crippen molar-refractivity contribution in [2.75, 3.05) is 37.5 Å². The summed E-state index contributed by atoms with van der Waals surface area (Å²) in [5.74, 6) is -0.488. The van der Waals surface area contributed by atoms with Crippen LogP contribution < -0.4 is 15.0 Å². The van der Waals surface area contributed by atoms with Gasteiger partial charge < -0.3 is 19.9 Å². The number of aromatic nitrogens is 3. The zero-order valence-electron chi connectivity index (χ0n) is 21.9. The first-order chi connectivity index (χ1) is 18.5. The van der Waals surface area contributed by atoms with Crippen molar-refractivity contribution >= 4 is 17.4 Å². The van der Waals surface area contributed by atoms with E-state index in [1.165, 1.54) is 19.2 Å². The van der Waals surface area contributed by atoms with Gasteiger partial charge in [-0.3, -0.25) is 4.79 Å². The summed E-state index contributed by atoms with van der Waals surface area (Å²) in [7, 11) is 3.40. The van der Waals surface area contributed by atoms with Crippen LogP contribution in [0.4, 0.5) is 29.1 Å². The Morgan fingerprint density at radius 1 is 1.18 bits per heavy atom. The molecule has 2 aromatic heterocycles. The molecule has 0 radical (unpaired) electrons. The Morgan fingerprint density at radius 3 is 2.62 bits per heavy atom. The lowest BCUT2D eigenvalue weighted by Gasteiger charge is -2.41. The molecular formula is C27H28F4N6O2. The van der Waals surface area contributed by atoms with Gasteiger partial charge in [-0.15, -0.1) is 0 Å². The largest absolute Gasteiger partial charge is 0.480 e. The molecule has 2 atom stereocenters. The third-order valence-corrected chi connectivity index (χ3v) is 7.39. The smallest absolute Gasteiger partial charge is 0.419 e. The third kappa shape index (κ3) is 4.56. The van der Waals surface area contributed by atoms with E-state index in [9.17, 15) is 22.4 Å². The number of carbonyl (C=O) groups is 1. The summed E-state index contributed by atoms with van der Waals surface area (Å²) < 4.78 is 60.5. The number of pyridine rings is 1. The van der Waals surface area contributed by atoms with Gasteiger partial charge in [0.2, 0.25) is 11.8 Å². The first-order valence-corrected chi connectivity index (χ1v) is 12.5. The number of amides is 1. The maximum absolute atomic E-state index is 15.0. The Bertz CT molecular complexity index is 1430. The fourth-order valence-electron chi connectivity index (χ4n) is 5.54. The molecule has 5 rings (SSSR count). The van der Waals surface area contributed by atoms with Crippen LogP contribution in [0.15, 0.2) is 36.5 Å². The normalized spacial score (nSPS) is 20.3. The molecule has 1 saturated heterocycles. The van der Waals surface area contributed by atoms with Gasteiger partial charge in [-0.05, 0) is 52.1 Å². The molecule has 1 spiro atoms. The highest BCUT2D eigenvalue weighted by molar-refractivity contribution is 6.04. The van der Waals surface area contributed by atoms with Gasteiger partial charge in [-0.2, -0.15) is 13.2 Å². The van der Waals surface area contributed by atoms with E-state index in [0.717, 1.165) is 0 Å². The number of rotatable bonds is 5. The number of likely N-dealkylation sites (N-methyl/N-ethyl adjacent to an activating group) is 1. The monoisotopic (exact) mass is 544 g/mol. The third-order valence-electron chi connectivity index (χ3n) is 7.39. The molecule has 1 unspecified atom stereocenters. The molecule has 4 heterocycles. The number of hydrogen-bond acceptors (Lipinski definition) is 7. The molecule has 8 nitrogen and oxygen atoms in total. The number of hydrogen-bond donors (Lipinski definition) is 1. The average molecular weight is 545 g/mol. The summed E-state index contributed by atoms with van der Waals surface area (Å²) in [4.78, 5) is 31.3. The molecule has 1 aromatic carbocycles. The van der Waals surface area contributed by atoms with Crippen molar-refractivity contribution in [3.8, 4) is 5.88 Å². The van der Waals surface area contributed by atoms with Gasteiger partial charge in [-0.25, -0.2) is 19.3 Å². The van der Waals surface area contributed by atoms with Crippen LogP contribution in [0.25, 0.3) is 0 Å². The molecule has 1 amide bonds. The van der Waals surface area contributed by atoms with Gasteiger partial charge in [-0.1, -0.05) is 12.1 Å². The minimum Gasteiger partial charge on any atom is -0.480 e.